The molecule has 0 aliphatic rings. The maximum Gasteiger partial charge on any atom is 0.307 e. The second kappa shape index (κ2) is 11.7. The Hall–Kier alpha value is -1.39. The van der Waals surface area contributed by atoms with Crippen molar-refractivity contribution in [2.75, 3.05) is 19.8 Å². The summed E-state index contributed by atoms with van der Waals surface area (Å²) in [7, 11) is 0. The predicted molar refractivity (Wildman–Crippen MR) is 74.3 cm³/mol. The molecule has 0 amide bonds. The number of aliphatic imine (C=N–C) groups is 1. The molecule has 0 aromatic heterocycles. The van der Waals surface area contributed by atoms with E-state index in [9.17, 15) is 9.59 Å². The lowest BCUT2D eigenvalue weighted by Gasteiger charge is -2.06. The highest BCUT2D eigenvalue weighted by Crippen LogP contribution is 2.04. The Morgan fingerprint density at radius 3 is 2.05 bits per heavy atom. The topological polar surface area (TPSA) is 65.0 Å². The number of hydrogen-bond donors (Lipinski definition) is 0. The van der Waals surface area contributed by atoms with E-state index in [1.165, 1.54) is 0 Å². The van der Waals surface area contributed by atoms with E-state index in [2.05, 4.69) is 25.6 Å². The maximum atomic E-state index is 11.3. The van der Waals surface area contributed by atoms with Crippen molar-refractivity contribution in [2.45, 2.75) is 46.0 Å². The van der Waals surface area contributed by atoms with Crippen molar-refractivity contribution in [3.05, 3.63) is 0 Å². The second-order valence-electron chi connectivity index (χ2n) is 4.78. The zero-order valence-electron chi connectivity index (χ0n) is 12.0. The molecule has 0 saturated heterocycles. The van der Waals surface area contributed by atoms with Gasteiger partial charge in [-0.25, -0.2) is 0 Å². The van der Waals surface area contributed by atoms with E-state index in [1.807, 2.05) is 0 Å². The van der Waals surface area contributed by atoms with Gasteiger partial charge in [-0.1, -0.05) is 13.8 Å². The van der Waals surface area contributed by atoms with Gasteiger partial charge >= 0.3 is 11.9 Å². The number of esters is 2. The summed E-state index contributed by atoms with van der Waals surface area (Å²) < 4.78 is 10.0. The number of carbonyl (C=O) groups is 2. The van der Waals surface area contributed by atoms with Crippen LogP contribution in [-0.4, -0.2) is 38.4 Å². The Kier molecular flexibility index (Phi) is 10.8. The Balaban J connectivity index is 3.33. The van der Waals surface area contributed by atoms with Gasteiger partial charge in [0.2, 0.25) is 0 Å². The first-order chi connectivity index (χ1) is 9.06. The van der Waals surface area contributed by atoms with E-state index in [-0.39, 0.29) is 18.4 Å². The molecule has 0 rings (SSSR count). The van der Waals surface area contributed by atoms with Gasteiger partial charge in [0.05, 0.1) is 19.6 Å². The third-order valence-electron chi connectivity index (χ3n) is 2.46. The Morgan fingerprint density at radius 2 is 1.58 bits per heavy atom. The van der Waals surface area contributed by atoms with Gasteiger partial charge in [0, 0.05) is 13.0 Å². The molecule has 0 aliphatic heterocycles. The van der Waals surface area contributed by atoms with E-state index >= 15 is 0 Å². The SMILES string of the molecule is C=NCCC(=O)OCCCCOC(=O)CCC(C)C. The fraction of sp³-hybridized carbons (Fsp3) is 0.786. The van der Waals surface area contributed by atoms with Crippen LogP contribution in [0.4, 0.5) is 0 Å². The predicted octanol–water partition coefficient (Wildman–Crippen LogP) is 2.38. The van der Waals surface area contributed by atoms with Gasteiger partial charge in [-0.2, -0.15) is 0 Å². The molecule has 0 atom stereocenters. The first kappa shape index (κ1) is 17.6. The van der Waals surface area contributed by atoms with Crippen LogP contribution in [-0.2, 0) is 19.1 Å². The molecule has 0 aromatic rings. The molecule has 5 heteroatoms. The zero-order valence-corrected chi connectivity index (χ0v) is 12.0. The Labute approximate surface area is 115 Å². The van der Waals surface area contributed by atoms with Crippen LogP contribution in [0.25, 0.3) is 0 Å². The standard InChI is InChI=1S/C14H25NO4/c1-12(2)6-7-13(16)18-10-4-5-11-19-14(17)8-9-15-3/h12H,3-11H2,1-2H3. The van der Waals surface area contributed by atoms with Crippen LogP contribution in [0, 0.1) is 5.92 Å². The zero-order chi connectivity index (χ0) is 14.5. The lowest BCUT2D eigenvalue weighted by atomic mass is 10.1. The fourth-order valence-corrected chi connectivity index (χ4v) is 1.30. The van der Waals surface area contributed by atoms with Crippen molar-refractivity contribution >= 4 is 18.7 Å². The third kappa shape index (κ3) is 12.9. The largest absolute Gasteiger partial charge is 0.466 e. The van der Waals surface area contributed by atoms with Crippen molar-refractivity contribution in [1.82, 2.24) is 0 Å². The average Bonchev–Trinajstić information content (AvgIpc) is 2.37. The van der Waals surface area contributed by atoms with E-state index in [4.69, 9.17) is 9.47 Å². The number of hydrogen-bond acceptors (Lipinski definition) is 5. The van der Waals surface area contributed by atoms with Crippen molar-refractivity contribution in [1.29, 1.82) is 0 Å². The monoisotopic (exact) mass is 271 g/mol. The van der Waals surface area contributed by atoms with Gasteiger partial charge in [0.1, 0.15) is 0 Å². The smallest absolute Gasteiger partial charge is 0.307 e. The van der Waals surface area contributed by atoms with E-state index in [0.717, 1.165) is 6.42 Å². The molecule has 5 nitrogen and oxygen atoms in total. The fourth-order valence-electron chi connectivity index (χ4n) is 1.30. The van der Waals surface area contributed by atoms with Crippen molar-refractivity contribution in [3.63, 3.8) is 0 Å². The van der Waals surface area contributed by atoms with Crippen LogP contribution >= 0.6 is 0 Å². The lowest BCUT2D eigenvalue weighted by Crippen LogP contribution is -2.09. The number of ether oxygens (including phenoxy) is 2. The third-order valence-corrected chi connectivity index (χ3v) is 2.46. The van der Waals surface area contributed by atoms with Crippen molar-refractivity contribution in [2.24, 2.45) is 10.9 Å². The number of unbranched alkanes of at least 4 members (excludes halogenated alkanes) is 1. The van der Waals surface area contributed by atoms with Crippen LogP contribution in [0.5, 0.6) is 0 Å². The van der Waals surface area contributed by atoms with Gasteiger partial charge in [0.25, 0.3) is 0 Å². The minimum absolute atomic E-state index is 0.150. The molecule has 0 fully saturated rings. The minimum atomic E-state index is -0.263. The van der Waals surface area contributed by atoms with Crippen LogP contribution in [0.1, 0.15) is 46.0 Å². The summed E-state index contributed by atoms with van der Waals surface area (Å²) in [5, 5.41) is 0. The quantitative estimate of drug-likeness (QED) is 0.329. The molecule has 0 spiro atoms. The average molecular weight is 271 g/mol. The lowest BCUT2D eigenvalue weighted by molar-refractivity contribution is -0.146. The molecule has 0 saturated carbocycles. The molecule has 0 unspecified atom stereocenters. The van der Waals surface area contributed by atoms with Crippen LogP contribution in [0.2, 0.25) is 0 Å². The summed E-state index contributed by atoms with van der Waals surface area (Å²) >= 11 is 0. The summed E-state index contributed by atoms with van der Waals surface area (Å²) in [6.45, 7) is 8.58. The molecular weight excluding hydrogens is 246 g/mol. The number of rotatable bonds is 11. The van der Waals surface area contributed by atoms with E-state index < -0.39 is 0 Å². The van der Waals surface area contributed by atoms with Crippen molar-refractivity contribution < 1.29 is 19.1 Å². The van der Waals surface area contributed by atoms with Crippen LogP contribution in [0.15, 0.2) is 4.99 Å². The summed E-state index contributed by atoms with van der Waals surface area (Å²) in [5.41, 5.74) is 0. The summed E-state index contributed by atoms with van der Waals surface area (Å²) in [5.74, 6) is 0.0982. The summed E-state index contributed by atoms with van der Waals surface area (Å²) in [4.78, 5) is 26.0. The summed E-state index contributed by atoms with van der Waals surface area (Å²) in [6, 6.07) is 0. The molecular formula is C14H25NO4. The summed E-state index contributed by atoms with van der Waals surface area (Å²) in [6.07, 6.45) is 3.01. The molecule has 0 heterocycles. The first-order valence-corrected chi connectivity index (χ1v) is 6.80. The van der Waals surface area contributed by atoms with Crippen molar-refractivity contribution in [3.8, 4) is 0 Å². The molecule has 110 valence electrons. The normalized spacial score (nSPS) is 10.3. The highest BCUT2D eigenvalue weighted by molar-refractivity contribution is 5.69. The van der Waals surface area contributed by atoms with Gasteiger partial charge in [0.15, 0.2) is 0 Å². The van der Waals surface area contributed by atoms with E-state index in [1.54, 1.807) is 0 Å². The molecule has 19 heavy (non-hydrogen) atoms. The highest BCUT2D eigenvalue weighted by atomic mass is 16.5. The van der Waals surface area contributed by atoms with Crippen LogP contribution < -0.4 is 0 Å². The van der Waals surface area contributed by atoms with Gasteiger partial charge < -0.3 is 14.5 Å². The first-order valence-electron chi connectivity index (χ1n) is 6.80. The van der Waals surface area contributed by atoms with Gasteiger partial charge in [-0.15, -0.1) is 0 Å². The minimum Gasteiger partial charge on any atom is -0.466 e. The molecule has 0 radical (unpaired) electrons. The van der Waals surface area contributed by atoms with Gasteiger partial charge in [-0.3, -0.25) is 9.59 Å². The second-order valence-corrected chi connectivity index (χ2v) is 4.78. The van der Waals surface area contributed by atoms with E-state index in [0.29, 0.717) is 44.9 Å². The molecule has 0 aliphatic carbocycles. The molecule has 0 aromatic carbocycles. The number of nitrogens with zero attached hydrogens (tertiary/aromatic N) is 1. The Morgan fingerprint density at radius 1 is 1.05 bits per heavy atom. The molecule has 0 bridgehead atoms. The maximum absolute atomic E-state index is 11.3. The number of carbonyl (C=O) groups excluding carboxylic acids is 2. The highest BCUT2D eigenvalue weighted by Gasteiger charge is 2.05. The van der Waals surface area contributed by atoms with Crippen LogP contribution in [0.3, 0.4) is 0 Å². The van der Waals surface area contributed by atoms with Gasteiger partial charge in [-0.05, 0) is 31.9 Å². The Bertz CT molecular complexity index is 277. The molecule has 0 N–H and O–H groups in total.